The summed E-state index contributed by atoms with van der Waals surface area (Å²) in [7, 11) is 1.92. The van der Waals surface area contributed by atoms with E-state index in [1.165, 1.54) is 11.8 Å². The molecule has 2 aliphatic rings. The average molecular weight is 510 g/mol. The van der Waals surface area contributed by atoms with Gasteiger partial charge in [-0.05, 0) is 56.8 Å². The molecule has 0 amide bonds. The third-order valence-electron chi connectivity index (χ3n) is 6.71. The number of piperazine rings is 1. The van der Waals surface area contributed by atoms with E-state index in [2.05, 4.69) is 43.0 Å². The van der Waals surface area contributed by atoms with E-state index in [9.17, 15) is 8.78 Å². The Kier molecular flexibility index (Phi) is 7.38. The van der Waals surface area contributed by atoms with Gasteiger partial charge in [0, 0.05) is 55.7 Å². The number of hydrogen-bond acceptors (Lipinski definition) is 8. The molecule has 2 aliphatic heterocycles. The molecule has 3 heterocycles. The first-order valence-electron chi connectivity index (χ1n) is 12.7. The summed E-state index contributed by atoms with van der Waals surface area (Å²) in [5.41, 5.74) is 4.08. The van der Waals surface area contributed by atoms with E-state index >= 15 is 0 Å². The minimum absolute atomic E-state index is 0.0290. The van der Waals surface area contributed by atoms with Gasteiger partial charge in [-0.25, -0.2) is 18.7 Å². The van der Waals surface area contributed by atoms with Crippen molar-refractivity contribution < 1.29 is 13.5 Å². The Morgan fingerprint density at radius 3 is 2.62 bits per heavy atom. The molecule has 0 atom stereocenters. The van der Waals surface area contributed by atoms with Crippen molar-refractivity contribution in [2.75, 3.05) is 61.5 Å². The molecule has 3 aromatic rings. The standard InChI is InChI=1S/C27H33F2N7O/c1-17(2)36-10-11-37-26-21(28)13-18(14-24(26)36)25-22(29)16-32-27(34-25)33-20-4-5-23(19(12-20)15-30-3)35-8-6-31-7-9-35/h4-5,12-14,16-17,30-31H,6-11,15H2,1-3H3,(H,32,33,34). The quantitative estimate of drug-likeness (QED) is 0.443. The van der Waals surface area contributed by atoms with E-state index in [4.69, 9.17) is 4.74 Å². The van der Waals surface area contributed by atoms with Crippen molar-refractivity contribution in [3.05, 3.63) is 53.7 Å². The van der Waals surface area contributed by atoms with Crippen LogP contribution in [0.1, 0.15) is 19.4 Å². The van der Waals surface area contributed by atoms with Crippen LogP contribution >= 0.6 is 0 Å². The van der Waals surface area contributed by atoms with E-state index in [0.29, 0.717) is 30.9 Å². The fraction of sp³-hybridized carbons (Fsp3) is 0.407. The van der Waals surface area contributed by atoms with Crippen molar-refractivity contribution in [2.24, 2.45) is 0 Å². The van der Waals surface area contributed by atoms with Crippen LogP contribution in [0.5, 0.6) is 5.75 Å². The number of fused-ring (bicyclic) bond motifs is 1. The topological polar surface area (TPSA) is 77.6 Å². The molecule has 0 saturated carbocycles. The van der Waals surface area contributed by atoms with E-state index < -0.39 is 11.6 Å². The third kappa shape index (κ3) is 5.30. The second-order valence-electron chi connectivity index (χ2n) is 9.57. The normalized spacial score (nSPS) is 15.5. The van der Waals surface area contributed by atoms with Crippen molar-refractivity contribution in [1.29, 1.82) is 0 Å². The van der Waals surface area contributed by atoms with Crippen molar-refractivity contribution in [3.63, 3.8) is 0 Å². The molecule has 10 heteroatoms. The third-order valence-corrected chi connectivity index (χ3v) is 6.71. The summed E-state index contributed by atoms with van der Waals surface area (Å²) in [5, 5.41) is 9.81. The summed E-state index contributed by atoms with van der Waals surface area (Å²) in [6.07, 6.45) is 1.11. The van der Waals surface area contributed by atoms with E-state index in [1.54, 1.807) is 6.07 Å². The first-order valence-corrected chi connectivity index (χ1v) is 12.7. The van der Waals surface area contributed by atoms with Crippen LogP contribution in [0.3, 0.4) is 0 Å². The van der Waals surface area contributed by atoms with Gasteiger partial charge in [0.15, 0.2) is 17.4 Å². The summed E-state index contributed by atoms with van der Waals surface area (Å²) in [4.78, 5) is 13.0. The van der Waals surface area contributed by atoms with Gasteiger partial charge >= 0.3 is 0 Å². The Morgan fingerprint density at radius 2 is 1.86 bits per heavy atom. The minimum atomic E-state index is -0.623. The molecule has 1 aromatic heterocycles. The number of nitrogens with one attached hydrogen (secondary N) is 3. The number of rotatable bonds is 7. The van der Waals surface area contributed by atoms with E-state index in [-0.39, 0.29) is 23.4 Å². The smallest absolute Gasteiger partial charge is 0.227 e. The maximum absolute atomic E-state index is 15.0. The first-order chi connectivity index (χ1) is 17.9. The van der Waals surface area contributed by atoms with Gasteiger partial charge in [-0.1, -0.05) is 0 Å². The van der Waals surface area contributed by atoms with Gasteiger partial charge in [0.1, 0.15) is 12.3 Å². The molecular formula is C27H33F2N7O. The number of ether oxygens (including phenoxy) is 1. The summed E-state index contributed by atoms with van der Waals surface area (Å²) >= 11 is 0. The summed E-state index contributed by atoms with van der Waals surface area (Å²) in [6, 6.07) is 9.26. The predicted molar refractivity (Wildman–Crippen MR) is 143 cm³/mol. The molecule has 0 unspecified atom stereocenters. The Hall–Kier alpha value is -3.50. The van der Waals surface area contributed by atoms with Crippen LogP contribution in [0.2, 0.25) is 0 Å². The number of benzene rings is 2. The second kappa shape index (κ2) is 10.9. The minimum Gasteiger partial charge on any atom is -0.486 e. The largest absolute Gasteiger partial charge is 0.486 e. The molecule has 5 rings (SSSR count). The van der Waals surface area contributed by atoms with Crippen molar-refractivity contribution >= 4 is 23.0 Å². The number of nitrogens with zero attached hydrogens (tertiary/aromatic N) is 4. The van der Waals surface area contributed by atoms with Crippen LogP contribution in [-0.4, -0.2) is 62.4 Å². The molecule has 0 spiro atoms. The van der Waals surface area contributed by atoms with Gasteiger partial charge in [0.2, 0.25) is 5.95 Å². The summed E-state index contributed by atoms with van der Waals surface area (Å²) < 4.78 is 35.5. The second-order valence-corrected chi connectivity index (χ2v) is 9.57. The highest BCUT2D eigenvalue weighted by Crippen LogP contribution is 2.39. The maximum Gasteiger partial charge on any atom is 0.227 e. The van der Waals surface area contributed by atoms with Crippen LogP contribution in [0, 0.1) is 11.6 Å². The van der Waals surface area contributed by atoms with Crippen LogP contribution in [0.15, 0.2) is 36.5 Å². The lowest BCUT2D eigenvalue weighted by molar-refractivity contribution is 0.287. The molecule has 8 nitrogen and oxygen atoms in total. The Labute approximate surface area is 216 Å². The highest BCUT2D eigenvalue weighted by atomic mass is 19.1. The van der Waals surface area contributed by atoms with Gasteiger partial charge in [-0.2, -0.15) is 0 Å². The van der Waals surface area contributed by atoms with Gasteiger partial charge in [0.25, 0.3) is 0 Å². The molecular weight excluding hydrogens is 476 g/mol. The molecule has 37 heavy (non-hydrogen) atoms. The molecule has 2 aromatic carbocycles. The Balaban J connectivity index is 1.45. The molecule has 0 bridgehead atoms. The van der Waals surface area contributed by atoms with Crippen molar-refractivity contribution in [3.8, 4) is 17.0 Å². The van der Waals surface area contributed by atoms with Crippen LogP contribution in [-0.2, 0) is 6.54 Å². The molecule has 196 valence electrons. The molecule has 1 saturated heterocycles. The Morgan fingerprint density at radius 1 is 1.05 bits per heavy atom. The molecule has 3 N–H and O–H groups in total. The highest BCUT2D eigenvalue weighted by Gasteiger charge is 2.26. The lowest BCUT2D eigenvalue weighted by atomic mass is 10.1. The monoisotopic (exact) mass is 509 g/mol. The molecule has 0 radical (unpaired) electrons. The lowest BCUT2D eigenvalue weighted by Gasteiger charge is -2.34. The average Bonchev–Trinajstić information content (AvgIpc) is 2.90. The number of hydrogen-bond donors (Lipinski definition) is 3. The lowest BCUT2D eigenvalue weighted by Crippen LogP contribution is -2.44. The zero-order valence-electron chi connectivity index (χ0n) is 21.4. The van der Waals surface area contributed by atoms with E-state index in [1.807, 2.05) is 31.9 Å². The van der Waals surface area contributed by atoms with E-state index in [0.717, 1.165) is 43.6 Å². The van der Waals surface area contributed by atoms with Gasteiger partial charge < -0.3 is 30.5 Å². The highest BCUT2D eigenvalue weighted by molar-refractivity contribution is 5.73. The van der Waals surface area contributed by atoms with Crippen molar-refractivity contribution in [1.82, 2.24) is 20.6 Å². The SMILES string of the molecule is CNCc1cc(Nc2ncc(F)c(-c3cc(F)c4c(c3)N(C(C)C)CCO4)n2)ccc1N1CCNCC1. The fourth-order valence-electron chi connectivity index (χ4n) is 4.94. The zero-order chi connectivity index (χ0) is 25.9. The number of aromatic nitrogens is 2. The fourth-order valence-corrected chi connectivity index (χ4v) is 4.94. The first kappa shape index (κ1) is 25.2. The molecule has 1 fully saturated rings. The van der Waals surface area contributed by atoms with Gasteiger partial charge in [-0.3, -0.25) is 0 Å². The Bertz CT molecular complexity index is 1260. The van der Waals surface area contributed by atoms with Crippen molar-refractivity contribution in [2.45, 2.75) is 26.4 Å². The zero-order valence-corrected chi connectivity index (χ0v) is 21.4. The van der Waals surface area contributed by atoms with Crippen LogP contribution < -0.4 is 30.5 Å². The van der Waals surface area contributed by atoms with Crippen LogP contribution in [0.4, 0.5) is 31.8 Å². The molecule has 0 aliphatic carbocycles. The number of anilines is 4. The maximum atomic E-state index is 15.0. The van der Waals surface area contributed by atoms with Gasteiger partial charge in [0.05, 0.1) is 18.4 Å². The summed E-state index contributed by atoms with van der Waals surface area (Å²) in [6.45, 7) is 9.60. The number of halogens is 2. The predicted octanol–water partition coefficient (Wildman–Crippen LogP) is 3.90. The van der Waals surface area contributed by atoms with Crippen LogP contribution in [0.25, 0.3) is 11.3 Å². The van der Waals surface area contributed by atoms with Gasteiger partial charge in [-0.15, -0.1) is 0 Å². The summed E-state index contributed by atoms with van der Waals surface area (Å²) in [5.74, 6) is -0.733.